The standard InChI is InChI=1S/C17H26ClN3O2S2/c1-23-16(22)5-3-2-4-8-19-17(24)21-11-9-20(10-12-21)13-14-6-7-15(18)25-14/h6-7H,2-5,8-13H2,1H3,(H,19,24)/p+1. The van der Waals surface area contributed by atoms with E-state index in [0.717, 1.165) is 68.0 Å². The Bertz CT molecular complexity index is 560. The van der Waals surface area contributed by atoms with E-state index in [9.17, 15) is 4.79 Å². The number of thiocarbonyl (C=S) groups is 1. The van der Waals surface area contributed by atoms with E-state index in [2.05, 4.69) is 21.0 Å². The Balaban J connectivity index is 1.55. The molecular weight excluding hydrogens is 378 g/mol. The van der Waals surface area contributed by atoms with E-state index in [1.807, 2.05) is 6.07 Å². The summed E-state index contributed by atoms with van der Waals surface area (Å²) in [7, 11) is 1.43. The van der Waals surface area contributed by atoms with Crippen molar-refractivity contribution in [2.45, 2.75) is 32.2 Å². The summed E-state index contributed by atoms with van der Waals surface area (Å²) >= 11 is 13.2. The summed E-state index contributed by atoms with van der Waals surface area (Å²) in [5.41, 5.74) is 0. The lowest BCUT2D eigenvalue weighted by Crippen LogP contribution is -3.13. The number of rotatable bonds is 8. The van der Waals surface area contributed by atoms with Gasteiger partial charge in [0.1, 0.15) is 6.54 Å². The number of esters is 1. The number of nitrogens with zero attached hydrogens (tertiary/aromatic N) is 1. The van der Waals surface area contributed by atoms with Crippen molar-refractivity contribution in [1.29, 1.82) is 0 Å². The van der Waals surface area contributed by atoms with Crippen LogP contribution in [-0.4, -0.2) is 55.8 Å². The van der Waals surface area contributed by atoms with Crippen LogP contribution >= 0.6 is 35.2 Å². The number of quaternary nitrogens is 1. The van der Waals surface area contributed by atoms with Crippen molar-refractivity contribution in [1.82, 2.24) is 10.2 Å². The molecule has 2 rings (SSSR count). The number of halogens is 1. The molecule has 1 aliphatic heterocycles. The molecule has 0 amide bonds. The first-order valence-corrected chi connectivity index (χ1v) is 10.4. The second-order valence-corrected chi connectivity index (χ2v) is 8.42. The molecule has 0 aromatic carbocycles. The quantitative estimate of drug-likeness (QED) is 0.392. The van der Waals surface area contributed by atoms with Crippen LogP contribution in [0, 0.1) is 0 Å². The minimum absolute atomic E-state index is 0.131. The number of carbonyl (C=O) groups excluding carboxylic acids is 1. The molecule has 5 nitrogen and oxygen atoms in total. The number of hydrogen-bond acceptors (Lipinski definition) is 4. The Labute approximate surface area is 164 Å². The smallest absolute Gasteiger partial charge is 0.305 e. The third-order valence-electron chi connectivity index (χ3n) is 4.37. The third-order valence-corrected chi connectivity index (χ3v) is 6.01. The van der Waals surface area contributed by atoms with Gasteiger partial charge in [0.25, 0.3) is 0 Å². The molecule has 1 aromatic heterocycles. The minimum atomic E-state index is -0.131. The van der Waals surface area contributed by atoms with E-state index >= 15 is 0 Å². The molecule has 0 aliphatic carbocycles. The predicted octanol–water partition coefficient (Wildman–Crippen LogP) is 1.71. The van der Waals surface area contributed by atoms with Gasteiger partial charge in [0.15, 0.2) is 5.11 Å². The van der Waals surface area contributed by atoms with Gasteiger partial charge in [-0.2, -0.15) is 0 Å². The Morgan fingerprint density at radius 1 is 1.36 bits per heavy atom. The van der Waals surface area contributed by atoms with Crippen LogP contribution in [-0.2, 0) is 16.1 Å². The first-order chi connectivity index (χ1) is 12.1. The molecule has 1 aromatic rings. The van der Waals surface area contributed by atoms with E-state index in [1.54, 1.807) is 16.2 Å². The van der Waals surface area contributed by atoms with Crippen molar-refractivity contribution in [2.24, 2.45) is 0 Å². The number of methoxy groups -OCH3 is 1. The number of hydrogen-bond donors (Lipinski definition) is 2. The zero-order valence-electron chi connectivity index (χ0n) is 14.7. The van der Waals surface area contributed by atoms with Gasteiger partial charge in [-0.15, -0.1) is 11.3 Å². The maximum absolute atomic E-state index is 11.0. The molecule has 1 aliphatic rings. The first-order valence-electron chi connectivity index (χ1n) is 8.76. The number of unbranched alkanes of at least 4 members (excludes halogenated alkanes) is 2. The maximum Gasteiger partial charge on any atom is 0.305 e. The highest BCUT2D eigenvalue weighted by Crippen LogP contribution is 2.20. The maximum atomic E-state index is 11.0. The summed E-state index contributed by atoms with van der Waals surface area (Å²) in [5.74, 6) is -0.131. The zero-order valence-corrected chi connectivity index (χ0v) is 17.1. The summed E-state index contributed by atoms with van der Waals surface area (Å²) in [6.45, 7) is 6.07. The van der Waals surface area contributed by atoms with E-state index in [4.69, 9.17) is 23.8 Å². The van der Waals surface area contributed by atoms with Crippen LogP contribution in [0.1, 0.15) is 30.6 Å². The van der Waals surface area contributed by atoms with Gasteiger partial charge in [-0.25, -0.2) is 0 Å². The van der Waals surface area contributed by atoms with E-state index in [1.165, 1.54) is 12.0 Å². The lowest BCUT2D eigenvalue weighted by Gasteiger charge is -2.33. The van der Waals surface area contributed by atoms with E-state index < -0.39 is 0 Å². The van der Waals surface area contributed by atoms with Gasteiger partial charge in [-0.1, -0.05) is 18.0 Å². The summed E-state index contributed by atoms with van der Waals surface area (Å²) in [4.78, 5) is 16.2. The van der Waals surface area contributed by atoms with Crippen LogP contribution in [0.3, 0.4) is 0 Å². The summed E-state index contributed by atoms with van der Waals surface area (Å²) in [5, 5.41) is 4.19. The van der Waals surface area contributed by atoms with Gasteiger partial charge >= 0.3 is 5.97 Å². The number of carbonyl (C=O) groups is 1. The molecule has 2 N–H and O–H groups in total. The van der Waals surface area contributed by atoms with Crippen LogP contribution < -0.4 is 10.2 Å². The molecule has 0 saturated carbocycles. The van der Waals surface area contributed by atoms with Gasteiger partial charge in [-0.05, 0) is 37.2 Å². The molecule has 0 bridgehead atoms. The van der Waals surface area contributed by atoms with E-state index in [-0.39, 0.29) is 5.97 Å². The van der Waals surface area contributed by atoms with Gasteiger partial charge in [-0.3, -0.25) is 4.79 Å². The summed E-state index contributed by atoms with van der Waals surface area (Å²) in [6, 6.07) is 4.10. The van der Waals surface area contributed by atoms with Crippen LogP contribution in [0.5, 0.6) is 0 Å². The van der Waals surface area contributed by atoms with Gasteiger partial charge in [0, 0.05) is 13.0 Å². The van der Waals surface area contributed by atoms with Crippen LogP contribution in [0.4, 0.5) is 0 Å². The fourth-order valence-corrected chi connectivity index (χ4v) is 4.32. The molecule has 25 heavy (non-hydrogen) atoms. The second kappa shape index (κ2) is 11.0. The van der Waals surface area contributed by atoms with Gasteiger partial charge in [0.2, 0.25) is 0 Å². The average Bonchev–Trinajstić information content (AvgIpc) is 3.03. The van der Waals surface area contributed by atoms with Crippen LogP contribution in [0.2, 0.25) is 4.34 Å². The highest BCUT2D eigenvalue weighted by atomic mass is 35.5. The molecule has 140 valence electrons. The molecule has 0 unspecified atom stereocenters. The fraction of sp³-hybridized carbons (Fsp3) is 0.647. The highest BCUT2D eigenvalue weighted by Gasteiger charge is 2.22. The third kappa shape index (κ3) is 7.48. The Morgan fingerprint density at radius 3 is 2.76 bits per heavy atom. The van der Waals surface area contributed by atoms with Crippen molar-refractivity contribution < 1.29 is 14.4 Å². The SMILES string of the molecule is COC(=O)CCCCCNC(=S)N1CC[NH+](Cc2ccc(Cl)s2)CC1. The number of piperazine rings is 1. The van der Waals surface area contributed by atoms with Crippen LogP contribution in [0.25, 0.3) is 0 Å². The summed E-state index contributed by atoms with van der Waals surface area (Å²) in [6.07, 6.45) is 3.39. The lowest BCUT2D eigenvalue weighted by atomic mass is 10.2. The van der Waals surface area contributed by atoms with Gasteiger partial charge < -0.3 is 19.9 Å². The van der Waals surface area contributed by atoms with Gasteiger partial charge in [0.05, 0.1) is 42.5 Å². The largest absolute Gasteiger partial charge is 0.469 e. The molecule has 0 atom stereocenters. The molecule has 0 spiro atoms. The fourth-order valence-electron chi connectivity index (χ4n) is 2.88. The van der Waals surface area contributed by atoms with Crippen molar-refractivity contribution in [3.8, 4) is 0 Å². The monoisotopic (exact) mass is 404 g/mol. The minimum Gasteiger partial charge on any atom is -0.469 e. The Morgan fingerprint density at radius 2 is 2.12 bits per heavy atom. The molecule has 0 radical (unpaired) electrons. The topological polar surface area (TPSA) is 46.0 Å². The van der Waals surface area contributed by atoms with Crippen LogP contribution in [0.15, 0.2) is 12.1 Å². The first kappa shape index (κ1) is 20.4. The number of ether oxygens (including phenoxy) is 1. The lowest BCUT2D eigenvalue weighted by molar-refractivity contribution is -0.917. The molecular formula is C17H27ClN3O2S2+. The van der Waals surface area contributed by atoms with E-state index in [0.29, 0.717) is 6.42 Å². The highest BCUT2D eigenvalue weighted by molar-refractivity contribution is 7.80. The molecule has 1 saturated heterocycles. The van der Waals surface area contributed by atoms with Crippen molar-refractivity contribution in [3.05, 3.63) is 21.3 Å². The van der Waals surface area contributed by atoms with Crippen molar-refractivity contribution >= 4 is 46.2 Å². The van der Waals surface area contributed by atoms with Crippen molar-refractivity contribution in [2.75, 3.05) is 39.8 Å². The van der Waals surface area contributed by atoms with Crippen molar-refractivity contribution in [3.63, 3.8) is 0 Å². The Kier molecular flexibility index (Phi) is 8.95. The number of nitrogens with one attached hydrogen (secondary N) is 2. The normalized spacial score (nSPS) is 15.2. The average molecular weight is 405 g/mol. The summed E-state index contributed by atoms with van der Waals surface area (Å²) < 4.78 is 5.50. The zero-order chi connectivity index (χ0) is 18.1. The predicted molar refractivity (Wildman–Crippen MR) is 106 cm³/mol. The molecule has 8 heteroatoms. The molecule has 1 fully saturated rings. The Hall–Kier alpha value is -0.890. The number of thiophene rings is 1. The molecule has 2 heterocycles. The second-order valence-electron chi connectivity index (χ2n) is 6.24.